The maximum Gasteiger partial charge on any atom is 0.0992 e. The van der Waals surface area contributed by atoms with Gasteiger partial charge in [-0.1, -0.05) is 48.0 Å². The molecule has 0 radical (unpaired) electrons. The van der Waals surface area contributed by atoms with Crippen molar-refractivity contribution in [2.24, 2.45) is 0 Å². The Morgan fingerprint density at radius 3 is 2.63 bits per heavy atom. The number of halogens is 1. The van der Waals surface area contributed by atoms with Crippen LogP contribution < -0.4 is 5.48 Å². The first-order chi connectivity index (χ1) is 9.29. The van der Waals surface area contributed by atoms with E-state index in [0.717, 1.165) is 11.1 Å². The Balaban J connectivity index is 1.82. The Kier molecular flexibility index (Phi) is 4.93. The van der Waals surface area contributed by atoms with Crippen LogP contribution in [0.4, 0.5) is 0 Å². The minimum absolute atomic E-state index is 0.495. The molecule has 0 bridgehead atoms. The van der Waals surface area contributed by atoms with E-state index in [4.69, 9.17) is 21.7 Å². The lowest BCUT2D eigenvalue weighted by molar-refractivity contribution is 0.0235. The summed E-state index contributed by atoms with van der Waals surface area (Å²) >= 11 is 6.06. The summed E-state index contributed by atoms with van der Waals surface area (Å²) in [4.78, 5) is 5.36. The van der Waals surface area contributed by atoms with Crippen molar-refractivity contribution in [1.29, 1.82) is 5.26 Å². The van der Waals surface area contributed by atoms with Gasteiger partial charge >= 0.3 is 0 Å². The van der Waals surface area contributed by atoms with Crippen LogP contribution in [0, 0.1) is 11.3 Å². The van der Waals surface area contributed by atoms with E-state index in [1.54, 1.807) is 12.1 Å². The lowest BCUT2D eigenvalue weighted by atomic mass is 10.1. The topological polar surface area (TPSA) is 45.0 Å². The maximum absolute atomic E-state index is 8.74. The third-order valence-electron chi connectivity index (χ3n) is 2.63. The monoisotopic (exact) mass is 272 g/mol. The smallest absolute Gasteiger partial charge is 0.0992 e. The molecular weight excluding hydrogens is 260 g/mol. The molecule has 0 aromatic heterocycles. The van der Waals surface area contributed by atoms with Gasteiger partial charge in [0.2, 0.25) is 0 Å². The molecule has 0 aliphatic heterocycles. The Bertz CT molecular complexity index is 578. The van der Waals surface area contributed by atoms with Crippen LogP contribution in [0.15, 0.2) is 48.5 Å². The zero-order valence-electron chi connectivity index (χ0n) is 10.3. The predicted molar refractivity (Wildman–Crippen MR) is 74.2 cm³/mol. The fourth-order valence-corrected chi connectivity index (χ4v) is 1.84. The van der Waals surface area contributed by atoms with E-state index < -0.39 is 0 Å². The number of rotatable bonds is 5. The number of nitriles is 1. The molecule has 0 aliphatic rings. The van der Waals surface area contributed by atoms with Crippen molar-refractivity contribution in [2.45, 2.75) is 13.2 Å². The van der Waals surface area contributed by atoms with E-state index >= 15 is 0 Å². The van der Waals surface area contributed by atoms with Gasteiger partial charge in [0.15, 0.2) is 0 Å². The second kappa shape index (κ2) is 6.91. The molecule has 2 aromatic carbocycles. The van der Waals surface area contributed by atoms with E-state index in [1.165, 1.54) is 0 Å². The fraction of sp³-hybridized carbons (Fsp3) is 0.133. The van der Waals surface area contributed by atoms with Gasteiger partial charge in [-0.05, 0) is 23.3 Å². The molecule has 1 N–H and O–H groups in total. The lowest BCUT2D eigenvalue weighted by Crippen LogP contribution is -2.14. The second-order valence-corrected chi connectivity index (χ2v) is 4.42. The number of hydroxylamine groups is 1. The summed E-state index contributed by atoms with van der Waals surface area (Å²) in [6.45, 7) is 0.992. The molecule has 2 rings (SSSR count). The molecule has 3 nitrogen and oxygen atoms in total. The van der Waals surface area contributed by atoms with Crippen molar-refractivity contribution < 1.29 is 4.84 Å². The lowest BCUT2D eigenvalue weighted by Gasteiger charge is -2.07. The van der Waals surface area contributed by atoms with Crippen LogP contribution in [0.5, 0.6) is 0 Å². The molecule has 2 aromatic rings. The van der Waals surface area contributed by atoms with E-state index in [0.29, 0.717) is 23.7 Å². The molecule has 0 aliphatic carbocycles. The third kappa shape index (κ3) is 4.08. The first-order valence-corrected chi connectivity index (χ1v) is 6.24. The highest BCUT2D eigenvalue weighted by Gasteiger charge is 2.01. The van der Waals surface area contributed by atoms with Crippen molar-refractivity contribution >= 4 is 11.6 Å². The average Bonchev–Trinajstić information content (AvgIpc) is 2.46. The highest BCUT2D eigenvalue weighted by Crippen LogP contribution is 2.17. The zero-order valence-corrected chi connectivity index (χ0v) is 11.0. The summed E-state index contributed by atoms with van der Waals surface area (Å²) in [6.07, 6.45) is 0. The number of nitrogens with zero attached hydrogens (tertiary/aromatic N) is 1. The third-order valence-corrected chi connectivity index (χ3v) is 2.98. The van der Waals surface area contributed by atoms with Crippen molar-refractivity contribution in [3.8, 4) is 6.07 Å². The minimum atomic E-state index is 0.495. The van der Waals surface area contributed by atoms with E-state index in [2.05, 4.69) is 5.48 Å². The number of hydrogen-bond donors (Lipinski definition) is 1. The van der Waals surface area contributed by atoms with Crippen LogP contribution in [-0.4, -0.2) is 0 Å². The predicted octanol–water partition coefficient (Wildman–Crippen LogP) is 3.43. The molecule has 0 atom stereocenters. The normalized spacial score (nSPS) is 10.1. The maximum atomic E-state index is 8.74. The van der Waals surface area contributed by atoms with Gasteiger partial charge in [0.05, 0.1) is 18.2 Å². The number of nitrogens with one attached hydrogen (secondary N) is 1. The van der Waals surface area contributed by atoms with Gasteiger partial charge in [0, 0.05) is 11.6 Å². The number of benzene rings is 2. The molecule has 0 amide bonds. The highest BCUT2D eigenvalue weighted by atomic mass is 35.5. The van der Waals surface area contributed by atoms with Gasteiger partial charge in [-0.3, -0.25) is 4.84 Å². The van der Waals surface area contributed by atoms with Gasteiger partial charge in [0.25, 0.3) is 0 Å². The van der Waals surface area contributed by atoms with Gasteiger partial charge < -0.3 is 0 Å². The summed E-state index contributed by atoms with van der Waals surface area (Å²) < 4.78 is 0. The average molecular weight is 273 g/mol. The number of hydrogen-bond acceptors (Lipinski definition) is 3. The van der Waals surface area contributed by atoms with E-state index in [9.17, 15) is 0 Å². The Labute approximate surface area is 117 Å². The first kappa shape index (κ1) is 13.6. The second-order valence-electron chi connectivity index (χ2n) is 4.01. The van der Waals surface area contributed by atoms with Crippen molar-refractivity contribution in [3.63, 3.8) is 0 Å². The molecule has 0 saturated carbocycles. The molecule has 4 heteroatoms. The van der Waals surface area contributed by atoms with Crippen molar-refractivity contribution in [2.75, 3.05) is 0 Å². The summed E-state index contributed by atoms with van der Waals surface area (Å²) in [5.41, 5.74) is 5.41. The highest BCUT2D eigenvalue weighted by molar-refractivity contribution is 6.31. The van der Waals surface area contributed by atoms with Crippen molar-refractivity contribution in [3.05, 3.63) is 70.2 Å². The Hall–Kier alpha value is -1.86. The Morgan fingerprint density at radius 2 is 1.95 bits per heavy atom. The molecule has 0 unspecified atom stereocenters. The quantitative estimate of drug-likeness (QED) is 0.670. The van der Waals surface area contributed by atoms with Gasteiger partial charge in [0.1, 0.15) is 0 Å². The van der Waals surface area contributed by atoms with Gasteiger partial charge in [-0.2, -0.15) is 10.7 Å². The molecule has 0 fully saturated rings. The Morgan fingerprint density at radius 1 is 1.16 bits per heavy atom. The van der Waals surface area contributed by atoms with Crippen LogP contribution in [0.1, 0.15) is 16.7 Å². The molecule has 0 saturated heterocycles. The van der Waals surface area contributed by atoms with E-state index in [1.807, 2.05) is 42.5 Å². The van der Waals surface area contributed by atoms with Gasteiger partial charge in [-0.15, -0.1) is 0 Å². The summed E-state index contributed by atoms with van der Waals surface area (Å²) in [7, 11) is 0. The minimum Gasteiger partial charge on any atom is -0.297 e. The summed E-state index contributed by atoms with van der Waals surface area (Å²) in [6, 6.07) is 17.1. The van der Waals surface area contributed by atoms with Crippen molar-refractivity contribution in [1.82, 2.24) is 5.48 Å². The zero-order chi connectivity index (χ0) is 13.5. The molecule has 96 valence electrons. The molecule has 0 heterocycles. The standard InChI is InChI=1S/C15H13ClN2O/c16-15-8-13(9-17)6-7-14(15)10-18-19-11-12-4-2-1-3-5-12/h1-8,18H,10-11H2. The fourth-order valence-electron chi connectivity index (χ4n) is 1.60. The van der Waals surface area contributed by atoms with Crippen LogP contribution in [0.3, 0.4) is 0 Å². The first-order valence-electron chi connectivity index (χ1n) is 5.86. The molecule has 19 heavy (non-hydrogen) atoms. The van der Waals surface area contributed by atoms with Crippen LogP contribution in [-0.2, 0) is 18.0 Å². The molecule has 0 spiro atoms. The SMILES string of the molecule is N#Cc1ccc(CNOCc2ccccc2)c(Cl)c1. The summed E-state index contributed by atoms with van der Waals surface area (Å²) in [5, 5.41) is 9.31. The molecular formula is C15H13ClN2O. The van der Waals surface area contributed by atoms with Crippen LogP contribution in [0.25, 0.3) is 0 Å². The van der Waals surface area contributed by atoms with E-state index in [-0.39, 0.29) is 0 Å². The largest absolute Gasteiger partial charge is 0.297 e. The summed E-state index contributed by atoms with van der Waals surface area (Å²) in [5.74, 6) is 0. The van der Waals surface area contributed by atoms with Gasteiger partial charge in [-0.25, -0.2) is 0 Å². The van der Waals surface area contributed by atoms with Crippen LogP contribution >= 0.6 is 11.6 Å². The van der Waals surface area contributed by atoms with Crippen LogP contribution in [0.2, 0.25) is 5.02 Å².